The van der Waals surface area contributed by atoms with Crippen molar-refractivity contribution in [1.29, 1.82) is 0 Å². The van der Waals surface area contributed by atoms with Crippen LogP contribution in [-0.4, -0.2) is 5.11 Å². The lowest BCUT2D eigenvalue weighted by molar-refractivity contribution is 0.220. The summed E-state index contributed by atoms with van der Waals surface area (Å²) in [6.07, 6.45) is -0.583. The van der Waals surface area contributed by atoms with Gasteiger partial charge in [-0.15, -0.1) is 0 Å². The quantitative estimate of drug-likeness (QED) is 0.738. The number of hydrogen-bond donors (Lipinski definition) is 1. The fourth-order valence-electron chi connectivity index (χ4n) is 2.35. The first-order valence-corrected chi connectivity index (χ1v) is 6.73. The molecule has 3 aromatic rings. The van der Waals surface area contributed by atoms with Gasteiger partial charge in [0.05, 0.1) is 0 Å². The van der Waals surface area contributed by atoms with Crippen LogP contribution in [-0.2, 0) is 0 Å². The monoisotopic (exact) mass is 260 g/mol. The highest BCUT2D eigenvalue weighted by atomic mass is 16.3. The molecule has 3 rings (SSSR count). The molecule has 1 unspecified atom stereocenters. The van der Waals surface area contributed by atoms with E-state index in [-0.39, 0.29) is 0 Å². The van der Waals surface area contributed by atoms with Crippen LogP contribution in [0.25, 0.3) is 11.1 Å². The molecular formula is C19H16O. The van der Waals surface area contributed by atoms with Gasteiger partial charge in [0.25, 0.3) is 0 Å². The third kappa shape index (κ3) is 2.63. The molecule has 0 spiro atoms. The molecule has 0 saturated carbocycles. The number of hydrogen-bond acceptors (Lipinski definition) is 1. The Kier molecular flexibility index (Phi) is 3.62. The maximum atomic E-state index is 10.5. The Morgan fingerprint density at radius 2 is 1.10 bits per heavy atom. The first-order valence-electron chi connectivity index (χ1n) is 6.73. The molecule has 98 valence electrons. The molecule has 20 heavy (non-hydrogen) atoms. The average molecular weight is 260 g/mol. The van der Waals surface area contributed by atoms with E-state index in [9.17, 15) is 5.11 Å². The van der Waals surface area contributed by atoms with Crippen LogP contribution in [0.4, 0.5) is 0 Å². The number of aliphatic hydroxyl groups excluding tert-OH is 1. The third-order valence-electron chi connectivity index (χ3n) is 3.42. The van der Waals surface area contributed by atoms with E-state index in [1.807, 2.05) is 66.7 Å². The zero-order valence-electron chi connectivity index (χ0n) is 11.1. The van der Waals surface area contributed by atoms with Crippen LogP contribution in [0.5, 0.6) is 0 Å². The maximum absolute atomic E-state index is 10.5. The molecule has 0 aliphatic heterocycles. The van der Waals surface area contributed by atoms with Gasteiger partial charge in [0.2, 0.25) is 0 Å². The highest BCUT2D eigenvalue weighted by Crippen LogP contribution is 2.26. The second kappa shape index (κ2) is 5.72. The largest absolute Gasteiger partial charge is 0.384 e. The van der Waals surface area contributed by atoms with E-state index < -0.39 is 6.10 Å². The molecule has 0 amide bonds. The molecule has 1 nitrogen and oxygen atoms in total. The lowest BCUT2D eigenvalue weighted by Crippen LogP contribution is -1.99. The predicted octanol–water partition coefficient (Wildman–Crippen LogP) is 4.44. The van der Waals surface area contributed by atoms with Crippen LogP contribution in [0.2, 0.25) is 0 Å². The lowest BCUT2D eigenvalue weighted by Gasteiger charge is -2.13. The number of rotatable bonds is 3. The summed E-state index contributed by atoms with van der Waals surface area (Å²) in [6, 6.07) is 28.0. The van der Waals surface area contributed by atoms with Crippen LogP contribution in [0, 0.1) is 0 Å². The molecule has 0 aromatic heterocycles. The van der Waals surface area contributed by atoms with Gasteiger partial charge >= 0.3 is 0 Å². The summed E-state index contributed by atoms with van der Waals surface area (Å²) in [5, 5.41) is 10.5. The van der Waals surface area contributed by atoms with Gasteiger partial charge in [0.1, 0.15) is 6.10 Å². The van der Waals surface area contributed by atoms with Gasteiger partial charge in [-0.2, -0.15) is 0 Å². The number of benzene rings is 3. The minimum atomic E-state index is -0.583. The zero-order chi connectivity index (χ0) is 13.8. The van der Waals surface area contributed by atoms with Gasteiger partial charge in [-0.25, -0.2) is 0 Å². The van der Waals surface area contributed by atoms with E-state index in [4.69, 9.17) is 0 Å². The predicted molar refractivity (Wildman–Crippen MR) is 82.4 cm³/mol. The van der Waals surface area contributed by atoms with Gasteiger partial charge in [-0.05, 0) is 28.3 Å². The fourth-order valence-corrected chi connectivity index (χ4v) is 2.35. The average Bonchev–Trinajstić information content (AvgIpc) is 2.56. The van der Waals surface area contributed by atoms with E-state index in [2.05, 4.69) is 18.2 Å². The Morgan fingerprint density at radius 1 is 0.550 bits per heavy atom. The molecule has 1 N–H and O–H groups in total. The lowest BCUT2D eigenvalue weighted by atomic mass is 9.97. The van der Waals surface area contributed by atoms with Gasteiger partial charge in [-0.3, -0.25) is 0 Å². The summed E-state index contributed by atoms with van der Waals surface area (Å²) < 4.78 is 0. The highest BCUT2D eigenvalue weighted by Gasteiger charge is 2.10. The Morgan fingerprint density at radius 3 is 1.80 bits per heavy atom. The first-order chi connectivity index (χ1) is 9.84. The van der Waals surface area contributed by atoms with Gasteiger partial charge in [0.15, 0.2) is 0 Å². The van der Waals surface area contributed by atoms with Gasteiger partial charge in [-0.1, -0.05) is 78.9 Å². The molecular weight excluding hydrogens is 244 g/mol. The molecule has 0 aliphatic carbocycles. The van der Waals surface area contributed by atoms with Crippen LogP contribution >= 0.6 is 0 Å². The van der Waals surface area contributed by atoms with Gasteiger partial charge in [0, 0.05) is 0 Å². The summed E-state index contributed by atoms with van der Waals surface area (Å²) in [6.45, 7) is 0. The Bertz CT molecular complexity index is 674. The van der Waals surface area contributed by atoms with E-state index in [1.165, 1.54) is 0 Å². The fraction of sp³-hybridized carbons (Fsp3) is 0.0526. The topological polar surface area (TPSA) is 20.2 Å². The molecule has 0 saturated heterocycles. The van der Waals surface area contributed by atoms with Crippen LogP contribution in [0.3, 0.4) is 0 Å². The smallest absolute Gasteiger partial charge is 0.104 e. The van der Waals surface area contributed by atoms with Crippen molar-refractivity contribution < 1.29 is 5.11 Å². The van der Waals surface area contributed by atoms with Crippen molar-refractivity contribution in [2.75, 3.05) is 0 Å². The molecule has 1 heteroatoms. The molecule has 3 aromatic carbocycles. The summed E-state index contributed by atoms with van der Waals surface area (Å²) in [5.74, 6) is 0. The molecule has 0 fully saturated rings. The molecule has 1 atom stereocenters. The highest BCUT2D eigenvalue weighted by molar-refractivity contribution is 5.64. The molecule has 0 radical (unpaired) electrons. The second-order valence-corrected chi connectivity index (χ2v) is 4.80. The minimum Gasteiger partial charge on any atom is -0.384 e. The van der Waals surface area contributed by atoms with Crippen molar-refractivity contribution in [1.82, 2.24) is 0 Å². The van der Waals surface area contributed by atoms with Crippen LogP contribution in [0.1, 0.15) is 17.2 Å². The van der Waals surface area contributed by atoms with Crippen LogP contribution in [0.15, 0.2) is 84.9 Å². The van der Waals surface area contributed by atoms with Crippen molar-refractivity contribution in [3.05, 3.63) is 96.1 Å². The molecule has 0 heterocycles. The van der Waals surface area contributed by atoms with Crippen molar-refractivity contribution >= 4 is 0 Å². The number of aliphatic hydroxyl groups is 1. The maximum Gasteiger partial charge on any atom is 0.104 e. The van der Waals surface area contributed by atoms with Crippen molar-refractivity contribution in [2.24, 2.45) is 0 Å². The Balaban J connectivity index is 1.96. The van der Waals surface area contributed by atoms with E-state index in [1.54, 1.807) is 0 Å². The summed E-state index contributed by atoms with van der Waals surface area (Å²) >= 11 is 0. The Labute approximate surface area is 119 Å². The van der Waals surface area contributed by atoms with E-state index in [0.29, 0.717) is 0 Å². The molecule has 0 bridgehead atoms. The van der Waals surface area contributed by atoms with Crippen LogP contribution < -0.4 is 0 Å². The van der Waals surface area contributed by atoms with Crippen molar-refractivity contribution in [3.8, 4) is 11.1 Å². The first kappa shape index (κ1) is 12.6. The van der Waals surface area contributed by atoms with Gasteiger partial charge < -0.3 is 5.11 Å². The third-order valence-corrected chi connectivity index (χ3v) is 3.42. The van der Waals surface area contributed by atoms with E-state index >= 15 is 0 Å². The standard InChI is InChI=1S/C19H16O/c20-19(16-10-5-2-6-11-16)18-13-7-12-17(14-18)15-8-3-1-4-9-15/h1-14,19-20H. The summed E-state index contributed by atoms with van der Waals surface area (Å²) in [5.41, 5.74) is 4.11. The SMILES string of the molecule is OC(c1ccccc1)c1cccc(-c2ccccc2)c1. The van der Waals surface area contributed by atoms with Crippen molar-refractivity contribution in [3.63, 3.8) is 0 Å². The zero-order valence-corrected chi connectivity index (χ0v) is 11.1. The normalized spacial score (nSPS) is 12.1. The van der Waals surface area contributed by atoms with E-state index in [0.717, 1.165) is 22.3 Å². The minimum absolute atomic E-state index is 0.583. The molecule has 0 aliphatic rings. The summed E-state index contributed by atoms with van der Waals surface area (Å²) in [4.78, 5) is 0. The second-order valence-electron chi connectivity index (χ2n) is 4.80. The summed E-state index contributed by atoms with van der Waals surface area (Å²) in [7, 11) is 0. The Hall–Kier alpha value is -2.38. The van der Waals surface area contributed by atoms with Crippen molar-refractivity contribution in [2.45, 2.75) is 6.10 Å².